The highest BCUT2D eigenvalue weighted by Gasteiger charge is 2.15. The summed E-state index contributed by atoms with van der Waals surface area (Å²) in [6.07, 6.45) is 3.08. The lowest BCUT2D eigenvalue weighted by Crippen LogP contribution is -2.31. The summed E-state index contributed by atoms with van der Waals surface area (Å²) in [7, 11) is 3.81. The fraction of sp³-hybridized carbons (Fsp3) is 0.385. The van der Waals surface area contributed by atoms with Crippen LogP contribution in [-0.4, -0.2) is 27.9 Å². The van der Waals surface area contributed by atoms with E-state index in [2.05, 4.69) is 15.4 Å². The topological polar surface area (TPSA) is 42.7 Å². The maximum absolute atomic E-state index is 6.20. The van der Waals surface area contributed by atoms with Gasteiger partial charge in [-0.2, -0.15) is 5.10 Å². The van der Waals surface area contributed by atoms with Crippen LogP contribution < -0.4 is 5.32 Å². The first kappa shape index (κ1) is 14.3. The predicted molar refractivity (Wildman–Crippen MR) is 77.7 cm³/mol. The third kappa shape index (κ3) is 3.47. The molecule has 1 aromatic carbocycles. The normalized spacial score (nSPS) is 12.6. The summed E-state index contributed by atoms with van der Waals surface area (Å²) >= 11 is 12.4. The van der Waals surface area contributed by atoms with Crippen molar-refractivity contribution in [3.8, 4) is 0 Å². The second kappa shape index (κ2) is 6.37. The molecule has 0 bridgehead atoms. The Labute approximate surface area is 122 Å². The monoisotopic (exact) mass is 298 g/mol. The molecule has 102 valence electrons. The number of likely N-dealkylation sites (N-methyl/N-ethyl adjacent to an activating group) is 1. The first-order chi connectivity index (χ1) is 9.11. The molecule has 1 N–H and O–H groups in total. The van der Waals surface area contributed by atoms with E-state index < -0.39 is 0 Å². The van der Waals surface area contributed by atoms with Crippen molar-refractivity contribution in [3.05, 3.63) is 46.0 Å². The van der Waals surface area contributed by atoms with Crippen LogP contribution in [0.4, 0.5) is 0 Å². The number of nitrogens with zero attached hydrogens (tertiary/aromatic N) is 3. The molecule has 19 heavy (non-hydrogen) atoms. The second-order valence-corrected chi connectivity index (χ2v) is 5.21. The molecular weight excluding hydrogens is 283 g/mol. The Morgan fingerprint density at radius 1 is 1.26 bits per heavy atom. The van der Waals surface area contributed by atoms with Crippen LogP contribution in [0.2, 0.25) is 10.0 Å². The Hall–Kier alpha value is -1.10. The molecule has 0 aliphatic heterocycles. The van der Waals surface area contributed by atoms with Crippen molar-refractivity contribution in [1.29, 1.82) is 0 Å². The van der Waals surface area contributed by atoms with Crippen molar-refractivity contribution < 1.29 is 0 Å². The number of hydrogen-bond donors (Lipinski definition) is 1. The third-order valence-corrected chi connectivity index (χ3v) is 3.86. The van der Waals surface area contributed by atoms with E-state index >= 15 is 0 Å². The van der Waals surface area contributed by atoms with Crippen LogP contribution in [0.15, 0.2) is 24.5 Å². The summed E-state index contributed by atoms with van der Waals surface area (Å²) in [5, 5.41) is 8.74. The SMILES string of the molecule is CNC(Cc1c(Cl)cccc1Cl)Cc1ncnn1C. The molecule has 0 aliphatic carbocycles. The second-order valence-electron chi connectivity index (χ2n) is 4.39. The summed E-state index contributed by atoms with van der Waals surface area (Å²) in [6.45, 7) is 0. The molecule has 4 nitrogen and oxygen atoms in total. The van der Waals surface area contributed by atoms with E-state index in [1.807, 2.05) is 32.3 Å². The molecule has 1 atom stereocenters. The van der Waals surface area contributed by atoms with Crippen molar-refractivity contribution in [2.75, 3.05) is 7.05 Å². The highest BCUT2D eigenvalue weighted by Crippen LogP contribution is 2.25. The number of aryl methyl sites for hydroxylation is 1. The zero-order valence-corrected chi connectivity index (χ0v) is 12.4. The fourth-order valence-electron chi connectivity index (χ4n) is 1.98. The van der Waals surface area contributed by atoms with Crippen LogP contribution in [-0.2, 0) is 19.9 Å². The molecule has 0 aliphatic rings. The van der Waals surface area contributed by atoms with Gasteiger partial charge < -0.3 is 5.32 Å². The van der Waals surface area contributed by atoms with Crippen molar-refractivity contribution in [2.45, 2.75) is 18.9 Å². The van der Waals surface area contributed by atoms with Crippen LogP contribution in [0.5, 0.6) is 0 Å². The number of hydrogen-bond acceptors (Lipinski definition) is 3. The maximum Gasteiger partial charge on any atom is 0.138 e. The average Bonchev–Trinajstić information content (AvgIpc) is 2.78. The number of nitrogens with one attached hydrogen (secondary N) is 1. The Balaban J connectivity index is 2.13. The molecule has 6 heteroatoms. The Morgan fingerprint density at radius 2 is 1.95 bits per heavy atom. The molecule has 1 heterocycles. The minimum atomic E-state index is 0.209. The summed E-state index contributed by atoms with van der Waals surface area (Å²) in [5.41, 5.74) is 0.965. The van der Waals surface area contributed by atoms with Gasteiger partial charge in [0.05, 0.1) is 0 Å². The minimum Gasteiger partial charge on any atom is -0.316 e. The lowest BCUT2D eigenvalue weighted by molar-refractivity contribution is 0.527. The zero-order chi connectivity index (χ0) is 13.8. The van der Waals surface area contributed by atoms with Crippen molar-refractivity contribution >= 4 is 23.2 Å². The Kier molecular flexibility index (Phi) is 4.80. The number of halogens is 2. The van der Waals surface area contributed by atoms with Gasteiger partial charge in [0.1, 0.15) is 12.2 Å². The molecule has 2 aromatic rings. The summed E-state index contributed by atoms with van der Waals surface area (Å²) < 4.78 is 1.78. The van der Waals surface area contributed by atoms with Crippen LogP contribution in [0.25, 0.3) is 0 Å². The van der Waals surface area contributed by atoms with Gasteiger partial charge in [0.25, 0.3) is 0 Å². The first-order valence-corrected chi connectivity index (χ1v) is 6.80. The molecule has 0 spiro atoms. The Morgan fingerprint density at radius 3 is 2.47 bits per heavy atom. The van der Waals surface area contributed by atoms with E-state index in [4.69, 9.17) is 23.2 Å². The van der Waals surface area contributed by atoms with Crippen LogP contribution in [0, 0.1) is 0 Å². The van der Waals surface area contributed by atoms with Crippen LogP contribution >= 0.6 is 23.2 Å². The van der Waals surface area contributed by atoms with Gasteiger partial charge in [0.15, 0.2) is 0 Å². The van der Waals surface area contributed by atoms with E-state index in [1.165, 1.54) is 0 Å². The van der Waals surface area contributed by atoms with Gasteiger partial charge >= 0.3 is 0 Å². The van der Waals surface area contributed by atoms with E-state index in [1.54, 1.807) is 11.0 Å². The van der Waals surface area contributed by atoms with Gasteiger partial charge in [0, 0.05) is 29.6 Å². The van der Waals surface area contributed by atoms with Crippen molar-refractivity contribution in [1.82, 2.24) is 20.1 Å². The third-order valence-electron chi connectivity index (χ3n) is 3.15. The molecule has 0 amide bonds. The van der Waals surface area contributed by atoms with Crippen molar-refractivity contribution in [2.24, 2.45) is 7.05 Å². The largest absolute Gasteiger partial charge is 0.316 e. The van der Waals surface area contributed by atoms with E-state index in [0.29, 0.717) is 10.0 Å². The standard InChI is InChI=1S/C13H16Cl2N4/c1-16-9(7-13-17-8-18-19(13)2)6-10-11(14)4-3-5-12(10)15/h3-5,8-9,16H,6-7H2,1-2H3. The highest BCUT2D eigenvalue weighted by molar-refractivity contribution is 6.36. The maximum atomic E-state index is 6.20. The zero-order valence-electron chi connectivity index (χ0n) is 10.9. The quantitative estimate of drug-likeness (QED) is 0.922. The summed E-state index contributed by atoms with van der Waals surface area (Å²) in [4.78, 5) is 4.24. The van der Waals surface area contributed by atoms with Gasteiger partial charge in [-0.1, -0.05) is 29.3 Å². The van der Waals surface area contributed by atoms with E-state index in [-0.39, 0.29) is 6.04 Å². The van der Waals surface area contributed by atoms with Crippen LogP contribution in [0.1, 0.15) is 11.4 Å². The molecule has 0 saturated heterocycles. The Bertz CT molecular complexity index is 533. The van der Waals surface area contributed by atoms with Crippen molar-refractivity contribution in [3.63, 3.8) is 0 Å². The summed E-state index contributed by atoms with van der Waals surface area (Å²) in [5.74, 6) is 0.933. The lowest BCUT2D eigenvalue weighted by Gasteiger charge is -2.17. The van der Waals surface area contributed by atoms with Gasteiger partial charge in [-0.25, -0.2) is 4.98 Å². The molecule has 0 fully saturated rings. The number of benzene rings is 1. The molecule has 0 saturated carbocycles. The smallest absolute Gasteiger partial charge is 0.138 e. The lowest BCUT2D eigenvalue weighted by atomic mass is 10.0. The molecule has 2 rings (SSSR count). The van der Waals surface area contributed by atoms with Gasteiger partial charge in [-0.3, -0.25) is 4.68 Å². The molecule has 0 radical (unpaired) electrons. The first-order valence-electron chi connectivity index (χ1n) is 6.05. The molecule has 1 unspecified atom stereocenters. The van der Waals surface area contributed by atoms with E-state index in [9.17, 15) is 0 Å². The average molecular weight is 299 g/mol. The highest BCUT2D eigenvalue weighted by atomic mass is 35.5. The molecule has 1 aromatic heterocycles. The summed E-state index contributed by atoms with van der Waals surface area (Å²) in [6, 6.07) is 5.78. The predicted octanol–water partition coefficient (Wildman–Crippen LogP) is 2.50. The fourth-order valence-corrected chi connectivity index (χ4v) is 2.53. The van der Waals surface area contributed by atoms with Gasteiger partial charge in [-0.15, -0.1) is 0 Å². The number of rotatable bonds is 5. The molecular formula is C13H16Cl2N4. The van der Waals surface area contributed by atoms with Crippen LogP contribution in [0.3, 0.4) is 0 Å². The van der Waals surface area contributed by atoms with Gasteiger partial charge in [0.2, 0.25) is 0 Å². The van der Waals surface area contributed by atoms with Gasteiger partial charge in [-0.05, 0) is 31.2 Å². The minimum absolute atomic E-state index is 0.209. The van der Waals surface area contributed by atoms with E-state index in [0.717, 1.165) is 24.2 Å². The number of aromatic nitrogens is 3.